The fraction of sp³-hybridized carbons (Fsp3) is 0.600. The molecule has 1 heterocycles. The highest BCUT2D eigenvalue weighted by Crippen LogP contribution is 2.27. The van der Waals surface area contributed by atoms with Crippen molar-refractivity contribution in [3.05, 3.63) is 29.8 Å². The lowest BCUT2D eigenvalue weighted by Gasteiger charge is -2.19. The Labute approximate surface area is 115 Å². The summed E-state index contributed by atoms with van der Waals surface area (Å²) in [5.74, 6) is 1.27. The molecule has 1 aliphatic heterocycles. The van der Waals surface area contributed by atoms with E-state index < -0.39 is 0 Å². The minimum atomic E-state index is 1.15. The van der Waals surface area contributed by atoms with E-state index in [0.717, 1.165) is 13.1 Å². The Morgan fingerprint density at radius 2 is 2.06 bits per heavy atom. The van der Waals surface area contributed by atoms with Crippen molar-refractivity contribution in [1.82, 2.24) is 5.32 Å². The lowest BCUT2D eigenvalue weighted by Crippen LogP contribution is -2.26. The van der Waals surface area contributed by atoms with Crippen molar-refractivity contribution in [2.75, 3.05) is 43.1 Å². The number of nitrogens with zero attached hydrogens (tertiary/aromatic N) is 1. The monoisotopic (exact) mass is 264 g/mol. The molecule has 0 saturated carbocycles. The van der Waals surface area contributed by atoms with Gasteiger partial charge in [0.15, 0.2) is 0 Å². The number of fused-ring (bicyclic) bond motifs is 1. The molecular formula is C15H24N2S. The Morgan fingerprint density at radius 1 is 1.22 bits per heavy atom. The van der Waals surface area contributed by atoms with Gasteiger partial charge >= 0.3 is 0 Å². The third-order valence-electron chi connectivity index (χ3n) is 3.47. The zero-order chi connectivity index (χ0) is 12.6. The molecule has 0 aromatic heterocycles. The third-order valence-corrected chi connectivity index (χ3v) is 4.16. The number of benzene rings is 1. The SMILES string of the molecule is CSCCCNCCCN1CCc2ccccc21. The van der Waals surface area contributed by atoms with Gasteiger partial charge in [0.2, 0.25) is 0 Å². The summed E-state index contributed by atoms with van der Waals surface area (Å²) in [7, 11) is 0. The molecular weight excluding hydrogens is 240 g/mol. The standard InChI is InChI=1S/C15H24N2S/c1-18-13-5-10-16-9-4-11-17-12-8-14-6-2-3-7-15(14)17/h2-3,6-7,16H,4-5,8-13H2,1H3. The zero-order valence-corrected chi connectivity index (χ0v) is 12.1. The number of thioether (sulfide) groups is 1. The molecule has 0 bridgehead atoms. The maximum atomic E-state index is 3.53. The fourth-order valence-electron chi connectivity index (χ4n) is 2.50. The highest BCUT2D eigenvalue weighted by atomic mass is 32.2. The zero-order valence-electron chi connectivity index (χ0n) is 11.3. The van der Waals surface area contributed by atoms with Crippen LogP contribution in [0.5, 0.6) is 0 Å². The van der Waals surface area contributed by atoms with Crippen LogP contribution in [0.3, 0.4) is 0 Å². The number of rotatable bonds is 8. The summed E-state index contributed by atoms with van der Waals surface area (Å²) in [6.07, 6.45) is 5.92. The Bertz CT molecular complexity index is 354. The van der Waals surface area contributed by atoms with Gasteiger partial charge < -0.3 is 10.2 Å². The van der Waals surface area contributed by atoms with Crippen LogP contribution in [0, 0.1) is 0 Å². The van der Waals surface area contributed by atoms with Crippen molar-refractivity contribution in [2.45, 2.75) is 19.3 Å². The van der Waals surface area contributed by atoms with Crippen LogP contribution in [0.4, 0.5) is 5.69 Å². The topological polar surface area (TPSA) is 15.3 Å². The van der Waals surface area contributed by atoms with Gasteiger partial charge in [0.25, 0.3) is 0 Å². The Balaban J connectivity index is 1.61. The maximum absolute atomic E-state index is 3.53. The second kappa shape index (κ2) is 7.70. The molecule has 0 aliphatic carbocycles. The van der Waals surface area contributed by atoms with E-state index in [1.54, 1.807) is 0 Å². The number of nitrogens with one attached hydrogen (secondary N) is 1. The Kier molecular flexibility index (Phi) is 5.88. The van der Waals surface area contributed by atoms with E-state index in [2.05, 4.69) is 40.7 Å². The molecule has 0 saturated heterocycles. The number of hydrogen-bond donors (Lipinski definition) is 1. The predicted molar refractivity (Wildman–Crippen MR) is 82.8 cm³/mol. The molecule has 3 heteroatoms. The van der Waals surface area contributed by atoms with E-state index in [1.165, 1.54) is 49.4 Å². The third kappa shape index (κ3) is 3.92. The highest BCUT2D eigenvalue weighted by Gasteiger charge is 2.16. The summed E-state index contributed by atoms with van der Waals surface area (Å²) in [5.41, 5.74) is 2.98. The number of anilines is 1. The van der Waals surface area contributed by atoms with Crippen LogP contribution in [0.2, 0.25) is 0 Å². The average molecular weight is 264 g/mol. The largest absolute Gasteiger partial charge is 0.371 e. The smallest absolute Gasteiger partial charge is 0.0399 e. The second-order valence-corrected chi connectivity index (χ2v) is 5.80. The predicted octanol–water partition coefficient (Wildman–Crippen LogP) is 2.78. The van der Waals surface area contributed by atoms with Gasteiger partial charge in [0.05, 0.1) is 0 Å². The van der Waals surface area contributed by atoms with Crippen LogP contribution < -0.4 is 10.2 Å². The van der Waals surface area contributed by atoms with E-state index in [1.807, 2.05) is 11.8 Å². The second-order valence-electron chi connectivity index (χ2n) is 4.82. The van der Waals surface area contributed by atoms with Gasteiger partial charge in [-0.1, -0.05) is 18.2 Å². The quantitative estimate of drug-likeness (QED) is 0.727. The summed E-state index contributed by atoms with van der Waals surface area (Å²) in [6, 6.07) is 8.82. The molecule has 0 unspecified atom stereocenters. The van der Waals surface area contributed by atoms with Gasteiger partial charge in [0, 0.05) is 18.8 Å². The summed E-state index contributed by atoms with van der Waals surface area (Å²) >= 11 is 1.93. The van der Waals surface area contributed by atoms with E-state index in [-0.39, 0.29) is 0 Å². The van der Waals surface area contributed by atoms with Crippen molar-refractivity contribution in [1.29, 1.82) is 0 Å². The first-order valence-electron chi connectivity index (χ1n) is 6.94. The number of hydrogen-bond acceptors (Lipinski definition) is 3. The fourth-order valence-corrected chi connectivity index (χ4v) is 2.93. The lowest BCUT2D eigenvalue weighted by atomic mass is 10.2. The van der Waals surface area contributed by atoms with Gasteiger partial charge in [-0.2, -0.15) is 11.8 Å². The molecule has 0 fully saturated rings. The average Bonchev–Trinajstić information content (AvgIpc) is 2.81. The summed E-state index contributed by atoms with van der Waals surface area (Å²) < 4.78 is 0. The van der Waals surface area contributed by atoms with Gasteiger partial charge in [-0.05, 0) is 56.0 Å². The van der Waals surface area contributed by atoms with Crippen LogP contribution in [0.25, 0.3) is 0 Å². The summed E-state index contributed by atoms with van der Waals surface area (Å²) in [4.78, 5) is 2.53. The van der Waals surface area contributed by atoms with E-state index in [0.29, 0.717) is 0 Å². The molecule has 18 heavy (non-hydrogen) atoms. The van der Waals surface area contributed by atoms with E-state index in [9.17, 15) is 0 Å². The van der Waals surface area contributed by atoms with Crippen LogP contribution in [-0.4, -0.2) is 38.2 Å². The summed E-state index contributed by atoms with van der Waals surface area (Å²) in [6.45, 7) is 4.70. The maximum Gasteiger partial charge on any atom is 0.0399 e. The normalized spacial score (nSPS) is 13.9. The minimum absolute atomic E-state index is 1.15. The molecule has 100 valence electrons. The van der Waals surface area contributed by atoms with Crippen LogP contribution in [0.15, 0.2) is 24.3 Å². The molecule has 1 aliphatic rings. The lowest BCUT2D eigenvalue weighted by molar-refractivity contribution is 0.633. The van der Waals surface area contributed by atoms with Crippen molar-refractivity contribution in [2.24, 2.45) is 0 Å². The molecule has 0 amide bonds. The minimum Gasteiger partial charge on any atom is -0.371 e. The van der Waals surface area contributed by atoms with Gasteiger partial charge in [-0.3, -0.25) is 0 Å². The van der Waals surface area contributed by atoms with E-state index in [4.69, 9.17) is 0 Å². The van der Waals surface area contributed by atoms with Crippen molar-refractivity contribution in [3.8, 4) is 0 Å². The van der Waals surface area contributed by atoms with Crippen molar-refractivity contribution >= 4 is 17.4 Å². The molecule has 0 spiro atoms. The van der Waals surface area contributed by atoms with Crippen molar-refractivity contribution in [3.63, 3.8) is 0 Å². The van der Waals surface area contributed by atoms with Crippen LogP contribution >= 0.6 is 11.8 Å². The van der Waals surface area contributed by atoms with Gasteiger partial charge in [-0.15, -0.1) is 0 Å². The first-order chi connectivity index (χ1) is 8.92. The summed E-state index contributed by atoms with van der Waals surface area (Å²) in [5, 5.41) is 3.53. The highest BCUT2D eigenvalue weighted by molar-refractivity contribution is 7.98. The first kappa shape index (κ1) is 13.8. The van der Waals surface area contributed by atoms with Crippen molar-refractivity contribution < 1.29 is 0 Å². The van der Waals surface area contributed by atoms with Gasteiger partial charge in [0.1, 0.15) is 0 Å². The molecule has 1 aromatic carbocycles. The van der Waals surface area contributed by atoms with Gasteiger partial charge in [-0.25, -0.2) is 0 Å². The molecule has 0 atom stereocenters. The molecule has 2 rings (SSSR count). The Morgan fingerprint density at radius 3 is 2.94 bits per heavy atom. The van der Waals surface area contributed by atoms with E-state index >= 15 is 0 Å². The number of para-hydroxylation sites is 1. The molecule has 1 aromatic rings. The van der Waals surface area contributed by atoms with Crippen LogP contribution in [-0.2, 0) is 6.42 Å². The Hall–Kier alpha value is -0.670. The molecule has 2 nitrogen and oxygen atoms in total. The van der Waals surface area contributed by atoms with Crippen LogP contribution in [0.1, 0.15) is 18.4 Å². The first-order valence-corrected chi connectivity index (χ1v) is 8.33. The molecule has 1 N–H and O–H groups in total. The molecule has 0 radical (unpaired) electrons.